The Morgan fingerprint density at radius 2 is 1.78 bits per heavy atom. The number of guanidine groups is 1. The maximum atomic E-state index is 13.9. The highest BCUT2D eigenvalue weighted by Crippen LogP contribution is 2.23. The lowest BCUT2D eigenvalue weighted by Gasteiger charge is -2.27. The van der Waals surface area contributed by atoms with E-state index in [1.54, 1.807) is 18.2 Å². The molecule has 1 fully saturated rings. The van der Waals surface area contributed by atoms with E-state index in [4.69, 9.17) is 11.5 Å². The number of thiazole rings is 1. The fourth-order valence-corrected chi connectivity index (χ4v) is 6.44. The Balaban J connectivity index is 1.60. The number of fused-ring (bicyclic) bond motifs is 1. The molecule has 0 bridgehead atoms. The predicted molar refractivity (Wildman–Crippen MR) is 191 cm³/mol. The van der Waals surface area contributed by atoms with Crippen LogP contribution in [0.4, 0.5) is 0 Å². The van der Waals surface area contributed by atoms with Crippen LogP contribution in [0.2, 0.25) is 0 Å². The minimum atomic E-state index is -1.27. The molecule has 1 aliphatic heterocycles. The van der Waals surface area contributed by atoms with E-state index in [9.17, 15) is 33.9 Å². The highest BCUT2D eigenvalue weighted by atomic mass is 32.1. The van der Waals surface area contributed by atoms with E-state index in [1.807, 2.05) is 18.2 Å². The monoisotopic (exact) mass is 721 g/mol. The number of benzene rings is 2. The number of para-hydroxylation sites is 1. The smallest absolute Gasteiger partial charge is 0.243 e. The van der Waals surface area contributed by atoms with E-state index in [-0.39, 0.29) is 55.5 Å². The number of hydrogen-bond acceptors (Lipinski definition) is 10. The van der Waals surface area contributed by atoms with Gasteiger partial charge in [-0.05, 0) is 61.9 Å². The van der Waals surface area contributed by atoms with Crippen molar-refractivity contribution in [1.29, 1.82) is 0 Å². The van der Waals surface area contributed by atoms with Crippen LogP contribution in [0.1, 0.15) is 60.8 Å². The van der Waals surface area contributed by atoms with Crippen LogP contribution in [0.15, 0.2) is 53.5 Å². The maximum Gasteiger partial charge on any atom is 0.243 e. The lowest BCUT2D eigenvalue weighted by atomic mass is 10.0. The Hall–Kier alpha value is -5.58. The highest BCUT2D eigenvalue weighted by Gasteiger charge is 2.33. The first-order chi connectivity index (χ1) is 24.4. The van der Waals surface area contributed by atoms with Gasteiger partial charge in [0.15, 0.2) is 11.0 Å². The minimum Gasteiger partial charge on any atom is -0.508 e. The molecule has 1 aliphatic rings. The van der Waals surface area contributed by atoms with Gasteiger partial charge in [0, 0.05) is 26.4 Å². The number of Topliss-reactive ketones (excluding diaryl/α,β-unsaturated/α-hetero) is 1. The lowest BCUT2D eigenvalue weighted by Crippen LogP contribution is -2.58. The molecule has 2 aromatic carbocycles. The van der Waals surface area contributed by atoms with Crippen LogP contribution in [-0.2, 0) is 30.4 Å². The van der Waals surface area contributed by atoms with Crippen LogP contribution >= 0.6 is 11.3 Å². The van der Waals surface area contributed by atoms with E-state index in [0.29, 0.717) is 30.3 Å². The zero-order valence-electron chi connectivity index (χ0n) is 28.1. The first-order valence-corrected chi connectivity index (χ1v) is 17.4. The van der Waals surface area contributed by atoms with Gasteiger partial charge in [0.2, 0.25) is 35.3 Å². The summed E-state index contributed by atoms with van der Waals surface area (Å²) in [7, 11) is 0. The molecule has 0 spiro atoms. The van der Waals surface area contributed by atoms with E-state index < -0.39 is 59.5 Å². The molecule has 4 rings (SSSR count). The fourth-order valence-electron chi connectivity index (χ4n) is 5.48. The Morgan fingerprint density at radius 1 is 1.04 bits per heavy atom. The summed E-state index contributed by atoms with van der Waals surface area (Å²) in [5.74, 6) is -3.66. The van der Waals surface area contributed by atoms with Crippen molar-refractivity contribution in [3.8, 4) is 5.75 Å². The topological polar surface area (TPSA) is 260 Å². The van der Waals surface area contributed by atoms with Crippen LogP contribution in [0.3, 0.4) is 0 Å². The van der Waals surface area contributed by atoms with E-state index in [2.05, 4.69) is 36.6 Å². The molecular weight excluding hydrogens is 678 g/mol. The number of phenols is 1. The molecule has 1 saturated heterocycles. The summed E-state index contributed by atoms with van der Waals surface area (Å²) in [5, 5.41) is 23.3. The fraction of sp³-hybridized carbons (Fsp3) is 0.412. The zero-order valence-corrected chi connectivity index (χ0v) is 29.0. The number of aliphatic imine (C=N–C) groups is 1. The largest absolute Gasteiger partial charge is 0.508 e. The third-order valence-corrected chi connectivity index (χ3v) is 9.10. The van der Waals surface area contributed by atoms with Crippen LogP contribution in [-0.4, -0.2) is 88.6 Å². The van der Waals surface area contributed by atoms with Gasteiger partial charge in [-0.25, -0.2) is 4.98 Å². The van der Waals surface area contributed by atoms with Gasteiger partial charge in [0.1, 0.15) is 23.9 Å². The summed E-state index contributed by atoms with van der Waals surface area (Å²) in [4.78, 5) is 88.0. The molecular formula is C34H43N9O7S. The van der Waals surface area contributed by atoms with E-state index in [1.165, 1.54) is 30.4 Å². The highest BCUT2D eigenvalue weighted by molar-refractivity contribution is 7.20. The number of aromatic nitrogens is 1. The Labute approximate surface area is 298 Å². The molecule has 5 amide bonds. The van der Waals surface area contributed by atoms with Gasteiger partial charge in [-0.3, -0.25) is 33.8 Å². The van der Waals surface area contributed by atoms with Crippen molar-refractivity contribution in [2.24, 2.45) is 16.5 Å². The van der Waals surface area contributed by atoms with Crippen molar-refractivity contribution >= 4 is 62.8 Å². The van der Waals surface area contributed by atoms with Gasteiger partial charge in [-0.15, -0.1) is 11.3 Å². The number of rotatable bonds is 11. The molecule has 2 heterocycles. The number of hydrogen-bond donors (Lipinski definition) is 8. The molecule has 51 heavy (non-hydrogen) atoms. The van der Waals surface area contributed by atoms with Gasteiger partial charge < -0.3 is 43.2 Å². The lowest BCUT2D eigenvalue weighted by molar-refractivity contribution is -0.135. The van der Waals surface area contributed by atoms with E-state index >= 15 is 0 Å². The number of carbonyl (C=O) groups excluding carboxylic acids is 6. The predicted octanol–water partition coefficient (Wildman–Crippen LogP) is 0.130. The van der Waals surface area contributed by atoms with Crippen LogP contribution in [0.25, 0.3) is 10.2 Å². The minimum absolute atomic E-state index is 0.0000362. The van der Waals surface area contributed by atoms with Crippen molar-refractivity contribution < 1.29 is 33.9 Å². The normalized spacial score (nSPS) is 19.4. The van der Waals surface area contributed by atoms with Crippen LogP contribution < -0.4 is 38.1 Å². The Morgan fingerprint density at radius 3 is 2.49 bits per heavy atom. The Bertz CT molecular complexity index is 1720. The summed E-state index contributed by atoms with van der Waals surface area (Å²) in [6.45, 7) is 1.64. The summed E-state index contributed by atoms with van der Waals surface area (Å²) >= 11 is 1.20. The molecule has 17 heteroatoms. The van der Waals surface area contributed by atoms with Crippen LogP contribution in [0.5, 0.6) is 5.75 Å². The number of nitrogens with zero attached hydrogens (tertiary/aromatic N) is 2. The number of amides is 5. The second-order valence-electron chi connectivity index (χ2n) is 12.2. The molecule has 0 unspecified atom stereocenters. The average Bonchev–Trinajstić information content (AvgIpc) is 3.52. The molecule has 3 aromatic rings. The molecule has 0 radical (unpaired) electrons. The number of nitrogens with one attached hydrogen (secondary N) is 5. The summed E-state index contributed by atoms with van der Waals surface area (Å²) in [5.41, 5.74) is 12.1. The van der Waals surface area contributed by atoms with Gasteiger partial charge in [-0.2, -0.15) is 0 Å². The first kappa shape index (κ1) is 38.2. The van der Waals surface area contributed by atoms with Gasteiger partial charge in [0.05, 0.1) is 22.7 Å². The number of phenolic OH excluding ortho intramolecular Hbond substituents is 1. The molecule has 16 nitrogen and oxygen atoms in total. The molecule has 4 atom stereocenters. The van der Waals surface area contributed by atoms with Gasteiger partial charge in [0.25, 0.3) is 0 Å². The summed E-state index contributed by atoms with van der Waals surface area (Å²) in [6.07, 6.45) is 1.12. The second-order valence-corrected chi connectivity index (χ2v) is 13.2. The molecule has 10 N–H and O–H groups in total. The summed E-state index contributed by atoms with van der Waals surface area (Å²) in [6, 6.07) is 8.59. The third-order valence-electron chi connectivity index (χ3n) is 8.05. The zero-order chi connectivity index (χ0) is 36.9. The quantitative estimate of drug-likeness (QED) is 0.0574. The standard InChI is InChI=1S/C34H43N9O7S/c1-19(44)39-26-18-28(46)37-15-5-4-8-24(41-31(49)25(42-32(26)50)17-20-11-13-21(45)14-12-20)30(48)40-23(9-6-16-38-34(35)36)29(47)33-43-22-7-2-3-10-27(22)51-33/h2-3,7,10-14,23-26,45H,4-6,8-9,15-18H2,1H3,(H,37,46)(H,39,44)(H,40,48)(H,41,49)(H,42,50)(H4,35,36,38)/t23-,24-,25-,26-/m0/s1. The van der Waals surface area contributed by atoms with Gasteiger partial charge >= 0.3 is 0 Å². The summed E-state index contributed by atoms with van der Waals surface area (Å²) < 4.78 is 0.805. The van der Waals surface area contributed by atoms with Crippen molar-refractivity contribution in [1.82, 2.24) is 31.6 Å². The van der Waals surface area contributed by atoms with Gasteiger partial charge in [-0.1, -0.05) is 24.3 Å². The Kier molecular flexibility index (Phi) is 13.8. The number of carbonyl (C=O) groups is 6. The second kappa shape index (κ2) is 18.4. The third kappa shape index (κ3) is 11.8. The SMILES string of the molecule is CC(=O)N[C@H]1CC(=O)NCCCC[C@@H](C(=O)N[C@@H](CCCN=C(N)N)C(=O)c2nc3ccccc3s2)NC(=O)[C@H](Cc2ccc(O)cc2)NC1=O. The van der Waals surface area contributed by atoms with E-state index in [0.717, 1.165) is 4.70 Å². The maximum absolute atomic E-state index is 13.9. The first-order valence-electron chi connectivity index (χ1n) is 16.6. The number of nitrogens with two attached hydrogens (primary N) is 2. The van der Waals surface area contributed by atoms with Crippen LogP contribution in [0, 0.1) is 0 Å². The molecule has 0 aliphatic carbocycles. The number of ketones is 1. The molecule has 0 saturated carbocycles. The molecule has 1 aromatic heterocycles. The van der Waals surface area contributed by atoms with Crippen molar-refractivity contribution in [2.75, 3.05) is 13.1 Å². The molecule has 272 valence electrons. The average molecular weight is 722 g/mol. The van der Waals surface area contributed by atoms with Crippen molar-refractivity contribution in [2.45, 2.75) is 76.0 Å². The number of aromatic hydroxyl groups is 1. The van der Waals surface area contributed by atoms with Crippen molar-refractivity contribution in [3.63, 3.8) is 0 Å². The van der Waals surface area contributed by atoms with Crippen molar-refractivity contribution in [3.05, 3.63) is 59.1 Å².